The SMILES string of the molecule is CC(C)(C)c1cccc(C(=O)C(=O)c2ccc(O)c(C(C)(C)C)c2)c1. The molecule has 0 heterocycles. The van der Waals surface area contributed by atoms with Crippen LogP contribution in [0, 0.1) is 0 Å². The maximum absolute atomic E-state index is 12.7. The molecule has 0 radical (unpaired) electrons. The van der Waals surface area contributed by atoms with Crippen LogP contribution in [0.4, 0.5) is 0 Å². The van der Waals surface area contributed by atoms with Crippen molar-refractivity contribution in [3.63, 3.8) is 0 Å². The highest BCUT2D eigenvalue weighted by molar-refractivity contribution is 6.49. The molecular weight excluding hydrogens is 312 g/mol. The van der Waals surface area contributed by atoms with Crippen LogP contribution >= 0.6 is 0 Å². The Morgan fingerprint density at radius 3 is 1.84 bits per heavy atom. The van der Waals surface area contributed by atoms with Crippen LogP contribution in [0.5, 0.6) is 5.75 Å². The van der Waals surface area contributed by atoms with E-state index in [1.165, 1.54) is 12.1 Å². The Balaban J connectivity index is 2.40. The molecule has 0 aliphatic rings. The number of rotatable bonds is 3. The molecule has 0 spiro atoms. The second-order valence-electron chi connectivity index (χ2n) is 8.47. The van der Waals surface area contributed by atoms with Crippen LogP contribution in [-0.4, -0.2) is 16.7 Å². The lowest BCUT2D eigenvalue weighted by Gasteiger charge is -2.21. The minimum absolute atomic E-state index is 0.0999. The third kappa shape index (κ3) is 4.16. The summed E-state index contributed by atoms with van der Waals surface area (Å²) >= 11 is 0. The second kappa shape index (κ2) is 6.47. The van der Waals surface area contributed by atoms with Crippen molar-refractivity contribution in [2.75, 3.05) is 0 Å². The number of carbonyl (C=O) groups is 2. The summed E-state index contributed by atoms with van der Waals surface area (Å²) in [6.07, 6.45) is 0. The van der Waals surface area contributed by atoms with Crippen molar-refractivity contribution in [1.29, 1.82) is 0 Å². The van der Waals surface area contributed by atoms with Gasteiger partial charge in [-0.15, -0.1) is 0 Å². The van der Waals surface area contributed by atoms with E-state index in [2.05, 4.69) is 20.8 Å². The molecule has 0 saturated heterocycles. The molecule has 0 aliphatic carbocycles. The van der Waals surface area contributed by atoms with Crippen LogP contribution in [0.25, 0.3) is 0 Å². The van der Waals surface area contributed by atoms with E-state index < -0.39 is 11.6 Å². The van der Waals surface area contributed by atoms with Crippen LogP contribution in [0.15, 0.2) is 42.5 Å². The fourth-order valence-corrected chi connectivity index (χ4v) is 2.67. The minimum Gasteiger partial charge on any atom is -0.508 e. The van der Waals surface area contributed by atoms with Gasteiger partial charge < -0.3 is 5.11 Å². The van der Waals surface area contributed by atoms with E-state index in [1.807, 2.05) is 26.8 Å². The minimum atomic E-state index is -0.559. The molecular formula is C22H26O3. The number of benzene rings is 2. The third-order valence-corrected chi connectivity index (χ3v) is 4.26. The van der Waals surface area contributed by atoms with E-state index in [9.17, 15) is 14.7 Å². The van der Waals surface area contributed by atoms with Crippen molar-refractivity contribution >= 4 is 11.6 Å². The smallest absolute Gasteiger partial charge is 0.233 e. The molecule has 2 rings (SSSR count). The van der Waals surface area contributed by atoms with Gasteiger partial charge in [0.2, 0.25) is 11.6 Å². The van der Waals surface area contributed by atoms with Gasteiger partial charge in [-0.05, 0) is 46.2 Å². The predicted octanol–water partition coefficient (Wildman–Crippen LogP) is 5.05. The van der Waals surface area contributed by atoms with Gasteiger partial charge in [-0.1, -0.05) is 59.7 Å². The molecule has 0 amide bonds. The lowest BCUT2D eigenvalue weighted by atomic mass is 9.84. The van der Waals surface area contributed by atoms with E-state index in [-0.39, 0.29) is 16.6 Å². The molecule has 0 saturated carbocycles. The molecule has 25 heavy (non-hydrogen) atoms. The summed E-state index contributed by atoms with van der Waals surface area (Å²) < 4.78 is 0. The first-order chi connectivity index (χ1) is 11.4. The molecule has 2 aromatic rings. The van der Waals surface area contributed by atoms with Crippen molar-refractivity contribution in [2.45, 2.75) is 52.4 Å². The zero-order chi connectivity index (χ0) is 19.0. The number of phenols is 1. The summed E-state index contributed by atoms with van der Waals surface area (Å²) in [7, 11) is 0. The van der Waals surface area contributed by atoms with Crippen molar-refractivity contribution in [3.8, 4) is 5.75 Å². The number of hydrogen-bond acceptors (Lipinski definition) is 3. The monoisotopic (exact) mass is 338 g/mol. The summed E-state index contributed by atoms with van der Waals surface area (Å²) in [6.45, 7) is 12.0. The van der Waals surface area contributed by atoms with Crippen LogP contribution in [-0.2, 0) is 10.8 Å². The maximum Gasteiger partial charge on any atom is 0.233 e. The molecule has 0 bridgehead atoms. The van der Waals surface area contributed by atoms with Gasteiger partial charge >= 0.3 is 0 Å². The van der Waals surface area contributed by atoms with Gasteiger partial charge in [0.25, 0.3) is 0 Å². The molecule has 132 valence electrons. The van der Waals surface area contributed by atoms with Crippen LogP contribution in [0.2, 0.25) is 0 Å². The molecule has 0 fully saturated rings. The highest BCUT2D eigenvalue weighted by Gasteiger charge is 2.24. The lowest BCUT2D eigenvalue weighted by Crippen LogP contribution is -2.18. The second-order valence-corrected chi connectivity index (χ2v) is 8.47. The normalized spacial score (nSPS) is 12.1. The van der Waals surface area contributed by atoms with Gasteiger partial charge in [-0.2, -0.15) is 0 Å². The first-order valence-electron chi connectivity index (χ1n) is 8.44. The Labute approximate surface area is 149 Å². The Bertz CT molecular complexity index is 818. The highest BCUT2D eigenvalue weighted by Crippen LogP contribution is 2.31. The predicted molar refractivity (Wildman–Crippen MR) is 101 cm³/mol. The average molecular weight is 338 g/mol. The van der Waals surface area contributed by atoms with Gasteiger partial charge in [0.15, 0.2) is 0 Å². The summed E-state index contributed by atoms with van der Waals surface area (Å²) in [5.41, 5.74) is 1.92. The van der Waals surface area contributed by atoms with E-state index >= 15 is 0 Å². The first kappa shape index (κ1) is 18.9. The summed E-state index contributed by atoms with van der Waals surface area (Å²) in [5.74, 6) is -0.959. The zero-order valence-corrected chi connectivity index (χ0v) is 15.8. The van der Waals surface area contributed by atoms with Crippen LogP contribution in [0.3, 0.4) is 0 Å². The van der Waals surface area contributed by atoms with Crippen LogP contribution < -0.4 is 0 Å². The number of carbonyl (C=O) groups excluding carboxylic acids is 2. The zero-order valence-electron chi connectivity index (χ0n) is 15.8. The molecule has 0 aliphatic heterocycles. The summed E-state index contributed by atoms with van der Waals surface area (Å²) in [5, 5.41) is 10.0. The Morgan fingerprint density at radius 2 is 1.32 bits per heavy atom. The first-order valence-corrected chi connectivity index (χ1v) is 8.44. The maximum atomic E-state index is 12.7. The topological polar surface area (TPSA) is 54.4 Å². The molecule has 3 nitrogen and oxygen atoms in total. The average Bonchev–Trinajstić information content (AvgIpc) is 2.52. The number of Topliss-reactive ketones (excluding diaryl/α,β-unsaturated/α-hetero) is 2. The van der Waals surface area contributed by atoms with Gasteiger partial charge in [-0.3, -0.25) is 9.59 Å². The van der Waals surface area contributed by atoms with Gasteiger partial charge in [0.05, 0.1) is 0 Å². The quantitative estimate of drug-likeness (QED) is 0.629. The number of phenolic OH excluding ortho intramolecular Hbond substituents is 1. The standard InChI is InChI=1S/C22H26O3/c1-21(2,3)16-9-7-8-14(12-16)19(24)20(25)15-10-11-18(23)17(13-15)22(4,5)6/h7-13,23H,1-6H3. The molecule has 0 aromatic heterocycles. The van der Waals surface area contributed by atoms with Crippen molar-refractivity contribution < 1.29 is 14.7 Å². The largest absolute Gasteiger partial charge is 0.508 e. The Kier molecular flexibility index (Phi) is 4.90. The van der Waals surface area contributed by atoms with E-state index in [4.69, 9.17) is 0 Å². The number of hydrogen-bond donors (Lipinski definition) is 1. The lowest BCUT2D eigenvalue weighted by molar-refractivity contribution is 0.0816. The molecule has 3 heteroatoms. The van der Waals surface area contributed by atoms with Gasteiger partial charge in [0, 0.05) is 11.1 Å². The molecule has 1 N–H and O–H groups in total. The van der Waals surface area contributed by atoms with Gasteiger partial charge in [-0.25, -0.2) is 0 Å². The summed E-state index contributed by atoms with van der Waals surface area (Å²) in [4.78, 5) is 25.3. The van der Waals surface area contributed by atoms with Gasteiger partial charge in [0.1, 0.15) is 5.75 Å². The molecule has 2 aromatic carbocycles. The Hall–Kier alpha value is -2.42. The van der Waals surface area contributed by atoms with Crippen LogP contribution in [0.1, 0.15) is 73.4 Å². The number of aromatic hydroxyl groups is 1. The molecule has 0 atom stereocenters. The fraction of sp³-hybridized carbons (Fsp3) is 0.364. The van der Waals surface area contributed by atoms with E-state index in [0.717, 1.165) is 5.56 Å². The highest BCUT2D eigenvalue weighted by atomic mass is 16.3. The van der Waals surface area contributed by atoms with E-state index in [0.29, 0.717) is 16.7 Å². The summed E-state index contributed by atoms with van der Waals surface area (Å²) in [6, 6.07) is 11.8. The Morgan fingerprint density at radius 1 is 0.760 bits per heavy atom. The fourth-order valence-electron chi connectivity index (χ4n) is 2.67. The molecule has 0 unspecified atom stereocenters. The number of ketones is 2. The van der Waals surface area contributed by atoms with Crippen molar-refractivity contribution in [1.82, 2.24) is 0 Å². The third-order valence-electron chi connectivity index (χ3n) is 4.26. The van der Waals surface area contributed by atoms with E-state index in [1.54, 1.807) is 24.3 Å². The van der Waals surface area contributed by atoms with Crippen molar-refractivity contribution in [2.24, 2.45) is 0 Å². The van der Waals surface area contributed by atoms with Crippen molar-refractivity contribution in [3.05, 3.63) is 64.7 Å².